The third-order valence-electron chi connectivity index (χ3n) is 5.50. The van der Waals surface area contributed by atoms with Crippen LogP contribution in [0.25, 0.3) is 21.3 Å². The fraction of sp³-hybridized carbons (Fsp3) is 0.160. The molecule has 0 saturated heterocycles. The summed E-state index contributed by atoms with van der Waals surface area (Å²) in [7, 11) is 4.56. The second kappa shape index (κ2) is 9.03. The van der Waals surface area contributed by atoms with Crippen LogP contribution in [0.4, 0.5) is 5.69 Å². The fourth-order valence-electron chi connectivity index (χ4n) is 3.85. The van der Waals surface area contributed by atoms with Gasteiger partial charge in [-0.05, 0) is 48.9 Å². The minimum absolute atomic E-state index is 0.00710. The Balaban J connectivity index is 1.99. The Labute approximate surface area is 199 Å². The molecule has 0 spiro atoms. The fourth-order valence-corrected chi connectivity index (χ4v) is 4.96. The van der Waals surface area contributed by atoms with E-state index in [2.05, 4.69) is 4.98 Å². The van der Waals surface area contributed by atoms with Gasteiger partial charge in [-0.2, -0.15) is 0 Å². The Morgan fingerprint density at radius 1 is 0.971 bits per heavy atom. The number of fused-ring (bicyclic) bond motifs is 1. The third-order valence-corrected chi connectivity index (χ3v) is 6.60. The molecule has 2 heterocycles. The molecule has 0 saturated carbocycles. The zero-order valence-corrected chi connectivity index (χ0v) is 19.8. The van der Waals surface area contributed by atoms with Gasteiger partial charge >= 0.3 is 5.97 Å². The van der Waals surface area contributed by atoms with Crippen LogP contribution in [0, 0.1) is 6.92 Å². The molecule has 0 aliphatic carbocycles. The number of methoxy groups -OCH3 is 3. The Kier molecular flexibility index (Phi) is 6.12. The molecule has 0 bridgehead atoms. The molecule has 3 N–H and O–H groups in total. The number of carbonyl (C=O) groups excluding carboxylic acids is 1. The lowest BCUT2D eigenvalue weighted by molar-refractivity contribution is 0.0696. The average molecular weight is 479 g/mol. The number of carboxylic acids is 1. The van der Waals surface area contributed by atoms with Crippen LogP contribution in [-0.2, 0) is 0 Å². The van der Waals surface area contributed by atoms with Crippen LogP contribution in [0.5, 0.6) is 17.2 Å². The van der Waals surface area contributed by atoms with E-state index in [9.17, 15) is 14.7 Å². The van der Waals surface area contributed by atoms with Crippen LogP contribution in [-0.4, -0.2) is 43.2 Å². The lowest BCUT2D eigenvalue weighted by atomic mass is 9.94. The van der Waals surface area contributed by atoms with Crippen molar-refractivity contribution in [1.29, 1.82) is 0 Å². The summed E-state index contributed by atoms with van der Waals surface area (Å²) >= 11 is 1.13. The van der Waals surface area contributed by atoms with E-state index in [1.807, 2.05) is 0 Å². The maximum atomic E-state index is 13.3. The number of thiophene rings is 1. The van der Waals surface area contributed by atoms with Crippen LogP contribution < -0.4 is 19.9 Å². The number of carboxylic acid groups (broad SMARTS) is 1. The van der Waals surface area contributed by atoms with Crippen molar-refractivity contribution in [3.63, 3.8) is 0 Å². The van der Waals surface area contributed by atoms with E-state index in [0.29, 0.717) is 49.8 Å². The van der Waals surface area contributed by atoms with Gasteiger partial charge in [0.15, 0.2) is 11.5 Å². The van der Waals surface area contributed by atoms with Gasteiger partial charge in [0.05, 0.1) is 38.3 Å². The number of hydrogen-bond donors (Lipinski definition) is 2. The third kappa shape index (κ3) is 3.80. The number of benzene rings is 2. The molecule has 0 aliphatic heterocycles. The number of pyridine rings is 1. The highest BCUT2D eigenvalue weighted by Crippen LogP contribution is 2.44. The van der Waals surface area contributed by atoms with Gasteiger partial charge in [-0.1, -0.05) is 6.07 Å². The van der Waals surface area contributed by atoms with E-state index in [0.717, 1.165) is 11.3 Å². The van der Waals surface area contributed by atoms with E-state index in [1.165, 1.54) is 14.2 Å². The number of carbonyl (C=O) groups is 2. The summed E-state index contributed by atoms with van der Waals surface area (Å²) in [5, 5.41) is 10.4. The minimum Gasteiger partial charge on any atom is -0.497 e. The number of aromatic carboxylic acids is 1. The van der Waals surface area contributed by atoms with Crippen molar-refractivity contribution >= 4 is 39.0 Å². The van der Waals surface area contributed by atoms with Gasteiger partial charge in [0.2, 0.25) is 5.78 Å². The standard InChI is InChI=1S/C25H22N2O6S/c1-12-18(25(29)30)19(14-7-10-16(32-3)17(11-14)33-4)20-21(26)23(34-24(20)27-12)22(28)13-5-8-15(31-2)9-6-13/h5-11H,26H2,1-4H3,(H,29,30). The predicted molar refractivity (Wildman–Crippen MR) is 131 cm³/mol. The van der Waals surface area contributed by atoms with Crippen molar-refractivity contribution in [2.45, 2.75) is 6.92 Å². The van der Waals surface area contributed by atoms with Crippen molar-refractivity contribution in [2.24, 2.45) is 0 Å². The Bertz CT molecular complexity index is 1430. The zero-order valence-electron chi connectivity index (χ0n) is 19.0. The van der Waals surface area contributed by atoms with Gasteiger partial charge < -0.3 is 25.1 Å². The molecular formula is C25H22N2O6S. The number of hydrogen-bond acceptors (Lipinski definition) is 8. The topological polar surface area (TPSA) is 121 Å². The smallest absolute Gasteiger partial charge is 0.338 e. The molecule has 9 heteroatoms. The van der Waals surface area contributed by atoms with Crippen LogP contribution in [0.2, 0.25) is 0 Å². The maximum absolute atomic E-state index is 13.3. The molecule has 174 valence electrons. The van der Waals surface area contributed by atoms with E-state index in [4.69, 9.17) is 19.9 Å². The number of rotatable bonds is 7. The average Bonchev–Trinajstić information content (AvgIpc) is 3.17. The molecule has 4 rings (SSSR count). The van der Waals surface area contributed by atoms with Gasteiger partial charge in [0.1, 0.15) is 15.5 Å². The number of ketones is 1. The van der Waals surface area contributed by atoms with Crippen LogP contribution in [0.1, 0.15) is 31.3 Å². The molecule has 0 fully saturated rings. The van der Waals surface area contributed by atoms with Crippen molar-refractivity contribution in [1.82, 2.24) is 4.98 Å². The first kappa shape index (κ1) is 23.1. The second-order valence-corrected chi connectivity index (χ2v) is 8.40. The molecule has 34 heavy (non-hydrogen) atoms. The number of nitrogens with zero attached hydrogens (tertiary/aromatic N) is 1. The number of anilines is 1. The van der Waals surface area contributed by atoms with Crippen molar-refractivity contribution < 1.29 is 28.9 Å². The molecule has 0 radical (unpaired) electrons. The second-order valence-electron chi connectivity index (χ2n) is 7.40. The lowest BCUT2D eigenvalue weighted by Gasteiger charge is -2.14. The SMILES string of the molecule is COc1ccc(C(=O)c2sc3nc(C)c(C(=O)O)c(-c4ccc(OC)c(OC)c4)c3c2N)cc1. The number of aromatic nitrogens is 1. The van der Waals surface area contributed by atoms with Gasteiger partial charge in [0.25, 0.3) is 0 Å². The molecule has 2 aromatic carbocycles. The van der Waals surface area contributed by atoms with Gasteiger partial charge in [-0.3, -0.25) is 4.79 Å². The molecule has 0 aliphatic rings. The van der Waals surface area contributed by atoms with Crippen molar-refractivity contribution in [2.75, 3.05) is 27.1 Å². The summed E-state index contributed by atoms with van der Waals surface area (Å²) in [5.41, 5.74) is 8.36. The highest BCUT2D eigenvalue weighted by molar-refractivity contribution is 7.21. The van der Waals surface area contributed by atoms with Crippen LogP contribution >= 0.6 is 11.3 Å². The monoisotopic (exact) mass is 478 g/mol. The minimum atomic E-state index is -1.15. The number of nitrogens with two attached hydrogens (primary N) is 1. The molecular weight excluding hydrogens is 456 g/mol. The quantitative estimate of drug-likeness (QED) is 0.363. The van der Waals surface area contributed by atoms with Gasteiger partial charge in [-0.25, -0.2) is 9.78 Å². The number of ether oxygens (including phenoxy) is 3. The first-order chi connectivity index (χ1) is 16.3. The van der Waals surface area contributed by atoms with Crippen molar-refractivity contribution in [3.05, 3.63) is 64.2 Å². The predicted octanol–water partition coefficient (Wildman–Crippen LogP) is 4.81. The summed E-state index contributed by atoms with van der Waals surface area (Å²) in [5.74, 6) is 0.127. The molecule has 4 aromatic rings. The van der Waals surface area contributed by atoms with Crippen LogP contribution in [0.15, 0.2) is 42.5 Å². The molecule has 8 nitrogen and oxygen atoms in total. The molecule has 0 unspecified atom stereocenters. The summed E-state index contributed by atoms with van der Waals surface area (Å²) in [4.78, 5) is 30.8. The normalized spacial score (nSPS) is 10.8. The Hall–Kier alpha value is -4.11. The summed E-state index contributed by atoms with van der Waals surface area (Å²) in [6, 6.07) is 11.8. The summed E-state index contributed by atoms with van der Waals surface area (Å²) in [6.07, 6.45) is 0. The highest BCUT2D eigenvalue weighted by Gasteiger charge is 2.27. The Morgan fingerprint density at radius 2 is 1.65 bits per heavy atom. The summed E-state index contributed by atoms with van der Waals surface area (Å²) in [6.45, 7) is 1.62. The largest absolute Gasteiger partial charge is 0.497 e. The molecule has 0 amide bonds. The van der Waals surface area contributed by atoms with E-state index >= 15 is 0 Å². The van der Waals surface area contributed by atoms with E-state index in [-0.39, 0.29) is 21.9 Å². The Morgan fingerprint density at radius 3 is 2.24 bits per heavy atom. The zero-order chi connectivity index (χ0) is 24.6. The van der Waals surface area contributed by atoms with E-state index < -0.39 is 5.97 Å². The molecule has 2 aromatic heterocycles. The van der Waals surface area contributed by atoms with Crippen molar-refractivity contribution in [3.8, 4) is 28.4 Å². The van der Waals surface area contributed by atoms with Crippen LogP contribution in [0.3, 0.4) is 0 Å². The number of aryl methyl sites for hydroxylation is 1. The molecule has 0 atom stereocenters. The lowest BCUT2D eigenvalue weighted by Crippen LogP contribution is -2.06. The first-order valence-electron chi connectivity index (χ1n) is 10.2. The van der Waals surface area contributed by atoms with Gasteiger partial charge in [0, 0.05) is 16.5 Å². The maximum Gasteiger partial charge on any atom is 0.338 e. The highest BCUT2D eigenvalue weighted by atomic mass is 32.1. The number of nitrogen functional groups attached to an aromatic ring is 1. The summed E-state index contributed by atoms with van der Waals surface area (Å²) < 4.78 is 15.9. The van der Waals surface area contributed by atoms with Gasteiger partial charge in [-0.15, -0.1) is 11.3 Å². The first-order valence-corrected chi connectivity index (χ1v) is 11.0. The van der Waals surface area contributed by atoms with E-state index in [1.54, 1.807) is 56.5 Å².